The number of hydrogen-bond acceptors (Lipinski definition) is 3. The molecular weight excluding hydrogens is 325 g/mol. The smallest absolute Gasteiger partial charge is 0.112 e. The highest BCUT2D eigenvalue weighted by molar-refractivity contribution is 7.51. The maximum absolute atomic E-state index is 3.62. The van der Waals surface area contributed by atoms with Gasteiger partial charge >= 0.3 is 0 Å². The van der Waals surface area contributed by atoms with Gasteiger partial charge in [0, 0.05) is 19.6 Å². The molecule has 0 aliphatic carbocycles. The van der Waals surface area contributed by atoms with E-state index in [-0.39, 0.29) is 0 Å². The average Bonchev–Trinajstić information content (AvgIpc) is 2.70. The predicted octanol–water partition coefficient (Wildman–Crippen LogP) is 4.58. The van der Waals surface area contributed by atoms with E-state index in [9.17, 15) is 0 Å². The summed E-state index contributed by atoms with van der Waals surface area (Å²) in [6.07, 6.45) is 0. The van der Waals surface area contributed by atoms with Crippen LogP contribution in [0.15, 0.2) is 91.0 Å². The van der Waals surface area contributed by atoms with Crippen LogP contribution in [0.25, 0.3) is 0 Å². The molecule has 0 unspecified atom stereocenters. The third-order valence-electron chi connectivity index (χ3n) is 3.85. The van der Waals surface area contributed by atoms with Crippen molar-refractivity contribution in [3.63, 3.8) is 0 Å². The fourth-order valence-electron chi connectivity index (χ4n) is 2.47. The van der Waals surface area contributed by atoms with Gasteiger partial charge in [-0.1, -0.05) is 91.0 Å². The Morgan fingerprint density at radius 1 is 0.440 bits per heavy atom. The molecule has 0 fully saturated rings. The fourth-order valence-corrected chi connectivity index (χ4v) is 3.82. The van der Waals surface area contributed by atoms with Crippen LogP contribution in [0, 0.1) is 0 Å². The number of nitrogens with one attached hydrogen (secondary N) is 3. The topological polar surface area (TPSA) is 36.1 Å². The SMILES string of the molecule is c1ccc(CNP(NCc2ccccc2)NCc2ccccc2)cc1. The van der Waals surface area contributed by atoms with Gasteiger partial charge in [-0.05, 0) is 16.7 Å². The van der Waals surface area contributed by atoms with Gasteiger partial charge in [0.1, 0.15) is 8.37 Å². The summed E-state index contributed by atoms with van der Waals surface area (Å²) >= 11 is 0. The second kappa shape index (κ2) is 10.1. The molecule has 0 amide bonds. The number of hydrogen-bond donors (Lipinski definition) is 3. The van der Waals surface area contributed by atoms with E-state index in [2.05, 4.69) is 88.1 Å². The van der Waals surface area contributed by atoms with Crippen LogP contribution in [-0.2, 0) is 19.6 Å². The highest BCUT2D eigenvalue weighted by atomic mass is 31.1. The first-order valence-corrected chi connectivity index (χ1v) is 9.87. The van der Waals surface area contributed by atoms with E-state index in [1.165, 1.54) is 16.7 Å². The molecule has 0 saturated carbocycles. The van der Waals surface area contributed by atoms with Crippen LogP contribution in [0.5, 0.6) is 0 Å². The monoisotopic (exact) mass is 349 g/mol. The molecule has 128 valence electrons. The molecule has 0 atom stereocenters. The fraction of sp³-hybridized carbons (Fsp3) is 0.143. The van der Waals surface area contributed by atoms with Gasteiger partial charge in [0.2, 0.25) is 0 Å². The largest absolute Gasteiger partial charge is 0.267 e. The number of benzene rings is 3. The van der Waals surface area contributed by atoms with Crippen LogP contribution in [0.1, 0.15) is 16.7 Å². The highest BCUT2D eigenvalue weighted by Crippen LogP contribution is 2.22. The van der Waals surface area contributed by atoms with Gasteiger partial charge in [0.05, 0.1) is 0 Å². The van der Waals surface area contributed by atoms with Crippen molar-refractivity contribution < 1.29 is 0 Å². The molecular formula is C21H24N3P. The van der Waals surface area contributed by atoms with E-state index < -0.39 is 8.37 Å². The van der Waals surface area contributed by atoms with Gasteiger partial charge < -0.3 is 0 Å². The van der Waals surface area contributed by atoms with E-state index in [4.69, 9.17) is 0 Å². The van der Waals surface area contributed by atoms with Crippen LogP contribution >= 0.6 is 8.37 Å². The Labute approximate surface area is 151 Å². The van der Waals surface area contributed by atoms with E-state index in [0.717, 1.165) is 19.6 Å². The second-order valence-electron chi connectivity index (χ2n) is 5.80. The molecule has 3 aromatic carbocycles. The molecule has 0 radical (unpaired) electrons. The van der Waals surface area contributed by atoms with Crippen molar-refractivity contribution in [2.75, 3.05) is 0 Å². The maximum Gasteiger partial charge on any atom is 0.112 e. The first-order chi connectivity index (χ1) is 12.4. The molecule has 0 spiro atoms. The standard InChI is InChI=1S/C21H24N3P/c1-4-10-19(11-5-1)16-22-25(23-17-20-12-6-2-7-13-20)24-18-21-14-8-3-9-15-21/h1-15,22-24H,16-18H2. The summed E-state index contributed by atoms with van der Waals surface area (Å²) in [5.74, 6) is 0. The predicted molar refractivity (Wildman–Crippen MR) is 107 cm³/mol. The second-order valence-corrected chi connectivity index (χ2v) is 7.42. The van der Waals surface area contributed by atoms with Crippen molar-refractivity contribution in [1.29, 1.82) is 0 Å². The molecule has 3 rings (SSSR count). The zero-order chi connectivity index (χ0) is 17.2. The minimum absolute atomic E-state index is 0.682. The lowest BCUT2D eigenvalue weighted by molar-refractivity contribution is 0.830. The first kappa shape index (κ1) is 17.8. The molecule has 3 aromatic rings. The molecule has 0 bridgehead atoms. The summed E-state index contributed by atoms with van der Waals surface area (Å²) in [5, 5.41) is 10.9. The van der Waals surface area contributed by atoms with Crippen LogP contribution < -0.4 is 15.3 Å². The van der Waals surface area contributed by atoms with Crippen molar-refractivity contribution in [2.24, 2.45) is 0 Å². The van der Waals surface area contributed by atoms with Crippen LogP contribution in [-0.4, -0.2) is 0 Å². The van der Waals surface area contributed by atoms with E-state index in [1.807, 2.05) is 18.2 Å². The number of rotatable bonds is 9. The van der Waals surface area contributed by atoms with Crippen molar-refractivity contribution in [1.82, 2.24) is 15.3 Å². The third kappa shape index (κ3) is 6.41. The lowest BCUT2D eigenvalue weighted by atomic mass is 10.2. The summed E-state index contributed by atoms with van der Waals surface area (Å²) in [5.41, 5.74) is 3.87. The Kier molecular flexibility index (Phi) is 7.16. The van der Waals surface area contributed by atoms with Crippen molar-refractivity contribution in [2.45, 2.75) is 19.6 Å². The van der Waals surface area contributed by atoms with Crippen molar-refractivity contribution in [3.8, 4) is 0 Å². The molecule has 0 heterocycles. The molecule has 0 aliphatic rings. The average molecular weight is 349 g/mol. The quantitative estimate of drug-likeness (QED) is 0.495. The molecule has 0 saturated heterocycles. The molecule has 3 N–H and O–H groups in total. The van der Waals surface area contributed by atoms with Crippen molar-refractivity contribution >= 4 is 8.37 Å². The Morgan fingerprint density at radius 3 is 1.00 bits per heavy atom. The Morgan fingerprint density at radius 2 is 0.720 bits per heavy atom. The molecule has 4 heteroatoms. The first-order valence-electron chi connectivity index (χ1n) is 8.52. The summed E-state index contributed by atoms with van der Waals surface area (Å²) < 4.78 is 0. The van der Waals surface area contributed by atoms with Gasteiger partial charge in [0.15, 0.2) is 0 Å². The summed E-state index contributed by atoms with van der Waals surface area (Å²) in [4.78, 5) is 0. The van der Waals surface area contributed by atoms with Crippen LogP contribution in [0.2, 0.25) is 0 Å². The normalized spacial score (nSPS) is 10.9. The van der Waals surface area contributed by atoms with Gasteiger partial charge in [-0.3, -0.25) is 15.3 Å². The van der Waals surface area contributed by atoms with Gasteiger partial charge in [-0.2, -0.15) is 0 Å². The Bertz CT molecular complexity index is 616. The Hall–Kier alpha value is -2.03. The zero-order valence-electron chi connectivity index (χ0n) is 14.2. The van der Waals surface area contributed by atoms with E-state index in [1.54, 1.807) is 0 Å². The van der Waals surface area contributed by atoms with Crippen LogP contribution in [0.3, 0.4) is 0 Å². The lowest BCUT2D eigenvalue weighted by Gasteiger charge is -2.21. The Balaban J connectivity index is 1.56. The maximum atomic E-state index is 3.62. The third-order valence-corrected chi connectivity index (χ3v) is 5.28. The highest BCUT2D eigenvalue weighted by Gasteiger charge is 2.07. The zero-order valence-corrected chi connectivity index (χ0v) is 15.1. The van der Waals surface area contributed by atoms with E-state index in [0.29, 0.717) is 0 Å². The minimum Gasteiger partial charge on any atom is -0.267 e. The van der Waals surface area contributed by atoms with E-state index >= 15 is 0 Å². The lowest BCUT2D eigenvalue weighted by Crippen LogP contribution is -2.27. The summed E-state index contributed by atoms with van der Waals surface area (Å²) in [6, 6.07) is 31.5. The molecule has 25 heavy (non-hydrogen) atoms. The van der Waals surface area contributed by atoms with Gasteiger partial charge in [-0.15, -0.1) is 0 Å². The molecule has 0 aromatic heterocycles. The van der Waals surface area contributed by atoms with Crippen molar-refractivity contribution in [3.05, 3.63) is 108 Å². The summed E-state index contributed by atoms with van der Waals surface area (Å²) in [6.45, 7) is 2.53. The molecule has 0 aliphatic heterocycles. The van der Waals surface area contributed by atoms with Crippen LogP contribution in [0.4, 0.5) is 0 Å². The van der Waals surface area contributed by atoms with Gasteiger partial charge in [0.25, 0.3) is 0 Å². The molecule has 3 nitrogen and oxygen atoms in total. The summed E-state index contributed by atoms with van der Waals surface area (Å²) in [7, 11) is -0.682. The van der Waals surface area contributed by atoms with Gasteiger partial charge in [-0.25, -0.2) is 0 Å². The minimum atomic E-state index is -0.682.